The summed E-state index contributed by atoms with van der Waals surface area (Å²) >= 11 is 0. The molecule has 5 heteroatoms. The lowest BCUT2D eigenvalue weighted by molar-refractivity contribution is -0.0000304. The Labute approximate surface area is 228 Å². The second kappa shape index (κ2) is 15.7. The van der Waals surface area contributed by atoms with E-state index in [-0.39, 0.29) is 36.2 Å². The van der Waals surface area contributed by atoms with Gasteiger partial charge in [0.1, 0.15) is 0 Å². The third-order valence-corrected chi connectivity index (χ3v) is 9.60. The van der Waals surface area contributed by atoms with Crippen LogP contribution in [0.4, 0.5) is 0 Å². The van der Waals surface area contributed by atoms with Crippen LogP contribution in [-0.4, -0.2) is 29.4 Å². The van der Waals surface area contributed by atoms with Gasteiger partial charge < -0.3 is 17.0 Å². The Morgan fingerprint density at radius 1 is 0.528 bits per heavy atom. The molecule has 4 rings (SSSR count). The van der Waals surface area contributed by atoms with E-state index in [1.54, 1.807) is 12.1 Å². The molecule has 3 nitrogen and oxygen atoms in total. The van der Waals surface area contributed by atoms with Crippen molar-refractivity contribution in [3.8, 4) is 0 Å². The topological polar surface area (TPSA) is 37.4 Å². The third-order valence-electron chi connectivity index (χ3n) is 6.68. The number of benzene rings is 3. The molecule has 1 heterocycles. The second-order valence-corrected chi connectivity index (χ2v) is 11.7. The summed E-state index contributed by atoms with van der Waals surface area (Å²) in [5.41, 5.74) is 1.10. The van der Waals surface area contributed by atoms with Gasteiger partial charge in [-0.25, -0.2) is 0 Å². The van der Waals surface area contributed by atoms with Crippen molar-refractivity contribution in [2.24, 2.45) is 0 Å². The highest BCUT2D eigenvalue weighted by Crippen LogP contribution is 2.34. The Kier molecular flexibility index (Phi) is 13.1. The molecular weight excluding hydrogens is 529 g/mol. The quantitative estimate of drug-likeness (QED) is 0.178. The molecule has 0 N–H and O–H groups in total. The molecule has 2 amide bonds. The van der Waals surface area contributed by atoms with E-state index in [9.17, 15) is 9.59 Å². The molecule has 0 atom stereocenters. The lowest BCUT2D eigenvalue weighted by Gasteiger charge is -2.13. The van der Waals surface area contributed by atoms with Crippen molar-refractivity contribution in [2.45, 2.75) is 58.8 Å². The van der Waals surface area contributed by atoms with Crippen LogP contribution in [-0.2, 0) is 0 Å². The first-order valence-electron chi connectivity index (χ1n) is 12.7. The maximum absolute atomic E-state index is 12.4. The van der Waals surface area contributed by atoms with E-state index in [2.05, 4.69) is 60.7 Å². The summed E-state index contributed by atoms with van der Waals surface area (Å²) in [5.74, 6) is -0.264. The van der Waals surface area contributed by atoms with Crippen molar-refractivity contribution < 1.29 is 26.6 Å². The highest BCUT2D eigenvalue weighted by Gasteiger charge is 2.34. The SMILES string of the molecule is C.O=C1c2ccccc2C(=O)N1CCCCCCCCCC[PH+](c1ccccc1)c1ccccc1.[Br-]. The van der Waals surface area contributed by atoms with Crippen molar-refractivity contribution in [3.63, 3.8) is 0 Å². The average Bonchev–Trinajstić information content (AvgIpc) is 3.13. The van der Waals surface area contributed by atoms with Crippen molar-refractivity contribution in [1.82, 2.24) is 4.90 Å². The zero-order valence-electron chi connectivity index (χ0n) is 20.3. The van der Waals surface area contributed by atoms with Gasteiger partial charge in [-0.2, -0.15) is 0 Å². The Hall–Kier alpha value is -2.29. The third kappa shape index (κ3) is 7.85. The van der Waals surface area contributed by atoms with E-state index in [1.165, 1.54) is 60.2 Å². The van der Waals surface area contributed by atoms with Crippen LogP contribution in [0, 0.1) is 0 Å². The number of carbonyl (C=O) groups is 2. The predicted molar refractivity (Wildman–Crippen MR) is 151 cm³/mol. The minimum Gasteiger partial charge on any atom is -1.00 e. The van der Waals surface area contributed by atoms with Crippen LogP contribution in [0.1, 0.15) is 79.5 Å². The molecule has 0 bridgehead atoms. The molecule has 0 aliphatic carbocycles. The molecule has 1 aliphatic heterocycles. The first-order chi connectivity index (χ1) is 16.8. The zero-order chi connectivity index (χ0) is 23.6. The molecule has 0 unspecified atom stereocenters. The van der Waals surface area contributed by atoms with E-state index in [0.29, 0.717) is 17.7 Å². The number of halogens is 1. The largest absolute Gasteiger partial charge is 1.00 e. The highest BCUT2D eigenvalue weighted by molar-refractivity contribution is 7.73. The molecule has 1 aliphatic rings. The molecule has 0 spiro atoms. The predicted octanol–water partition coefficient (Wildman–Crippen LogP) is 3.91. The van der Waals surface area contributed by atoms with Crippen LogP contribution in [0.25, 0.3) is 0 Å². The summed E-state index contributed by atoms with van der Waals surface area (Å²) in [4.78, 5) is 26.2. The molecule has 0 aromatic heterocycles. The van der Waals surface area contributed by atoms with Gasteiger partial charge in [0.15, 0.2) is 0 Å². The number of unbranched alkanes of at least 4 members (excludes halogenated alkanes) is 7. The van der Waals surface area contributed by atoms with Gasteiger partial charge in [-0.05, 0) is 55.7 Å². The number of nitrogens with zero attached hydrogens (tertiary/aromatic N) is 1. The minimum absolute atomic E-state index is 0. The Bertz CT molecular complexity index is 1000. The van der Waals surface area contributed by atoms with Gasteiger partial charge in [0.05, 0.1) is 35.8 Å². The number of hydrogen-bond donors (Lipinski definition) is 0. The zero-order valence-corrected chi connectivity index (χ0v) is 22.9. The van der Waals surface area contributed by atoms with Gasteiger partial charge in [-0.15, -0.1) is 0 Å². The Morgan fingerprint density at radius 3 is 1.39 bits per heavy atom. The monoisotopic (exact) mass is 567 g/mol. The second-order valence-electron chi connectivity index (χ2n) is 9.10. The van der Waals surface area contributed by atoms with E-state index < -0.39 is 7.92 Å². The van der Waals surface area contributed by atoms with Crippen LogP contribution in [0.2, 0.25) is 0 Å². The van der Waals surface area contributed by atoms with Crippen molar-refractivity contribution in [1.29, 1.82) is 0 Å². The highest BCUT2D eigenvalue weighted by atomic mass is 79.9. The van der Waals surface area contributed by atoms with E-state index >= 15 is 0 Å². The van der Waals surface area contributed by atoms with Crippen LogP contribution in [0.3, 0.4) is 0 Å². The van der Waals surface area contributed by atoms with E-state index in [0.717, 1.165) is 12.8 Å². The van der Waals surface area contributed by atoms with Crippen molar-refractivity contribution in [3.05, 3.63) is 96.1 Å². The molecule has 0 saturated carbocycles. The van der Waals surface area contributed by atoms with Crippen LogP contribution >= 0.6 is 7.92 Å². The number of fused-ring (bicyclic) bond motifs is 1. The fraction of sp³-hybridized carbons (Fsp3) is 0.355. The molecule has 3 aromatic rings. The lowest BCUT2D eigenvalue weighted by atomic mass is 10.1. The molecular formula is C31H39BrNO2P. The summed E-state index contributed by atoms with van der Waals surface area (Å²) < 4.78 is 0. The van der Waals surface area contributed by atoms with Crippen LogP contribution in [0.5, 0.6) is 0 Å². The minimum atomic E-state index is -0.700. The summed E-state index contributed by atoms with van der Waals surface area (Å²) in [6.45, 7) is 0.538. The normalized spacial score (nSPS) is 12.3. The number of rotatable bonds is 13. The standard InChI is InChI=1S/C30H34NO2P.CH4.BrH/c32-29-27-21-13-14-22-28(27)30(33)31(29)23-15-5-3-1-2-4-6-16-24-34(25-17-9-7-10-18-25)26-19-11-8-12-20-26;;/h7-14,17-22H,1-6,15-16,23-24H2;1H4;1H. The van der Waals surface area contributed by atoms with Gasteiger partial charge >= 0.3 is 0 Å². The number of imide groups is 1. The van der Waals surface area contributed by atoms with Crippen molar-refractivity contribution >= 4 is 30.3 Å². The number of carbonyl (C=O) groups excluding carboxylic acids is 2. The lowest BCUT2D eigenvalue weighted by Crippen LogP contribution is -3.00. The summed E-state index contributed by atoms with van der Waals surface area (Å²) in [6, 6.07) is 29.2. The maximum atomic E-state index is 12.4. The Morgan fingerprint density at radius 2 is 0.917 bits per heavy atom. The first-order valence-corrected chi connectivity index (χ1v) is 14.4. The number of hydrogen-bond acceptors (Lipinski definition) is 2. The van der Waals surface area contributed by atoms with Gasteiger partial charge in [-0.3, -0.25) is 14.5 Å². The van der Waals surface area contributed by atoms with Crippen molar-refractivity contribution in [2.75, 3.05) is 12.7 Å². The van der Waals surface area contributed by atoms with Gasteiger partial charge in [0.2, 0.25) is 0 Å². The average molecular weight is 569 g/mol. The summed E-state index contributed by atoms with van der Waals surface area (Å²) in [6.07, 6.45) is 10.8. The van der Waals surface area contributed by atoms with Crippen LogP contribution < -0.4 is 27.6 Å². The first kappa shape index (κ1) is 29.9. The molecule has 0 saturated heterocycles. The summed E-state index contributed by atoms with van der Waals surface area (Å²) in [7, 11) is -0.700. The molecule has 36 heavy (non-hydrogen) atoms. The van der Waals surface area contributed by atoms with Gasteiger partial charge in [-0.1, -0.05) is 88.1 Å². The fourth-order valence-corrected chi connectivity index (χ4v) is 7.51. The maximum Gasteiger partial charge on any atom is 0.261 e. The molecule has 0 fully saturated rings. The number of amides is 2. The van der Waals surface area contributed by atoms with Gasteiger partial charge in [0.25, 0.3) is 11.8 Å². The van der Waals surface area contributed by atoms with Crippen LogP contribution in [0.15, 0.2) is 84.9 Å². The van der Waals surface area contributed by atoms with E-state index in [4.69, 9.17) is 0 Å². The Balaban J connectivity index is 0.00000228. The summed E-state index contributed by atoms with van der Waals surface area (Å²) in [5, 5.41) is 3.02. The smallest absolute Gasteiger partial charge is 0.261 e. The molecule has 3 aromatic carbocycles. The molecule has 0 radical (unpaired) electrons. The van der Waals surface area contributed by atoms with Gasteiger partial charge in [0, 0.05) is 6.54 Å². The molecule has 192 valence electrons. The fourth-order valence-electron chi connectivity index (χ4n) is 4.81. The van der Waals surface area contributed by atoms with E-state index in [1.807, 2.05) is 12.1 Å².